The summed E-state index contributed by atoms with van der Waals surface area (Å²) in [6.45, 7) is 0.796. The summed E-state index contributed by atoms with van der Waals surface area (Å²) in [5.74, 6) is 0.523. The summed E-state index contributed by atoms with van der Waals surface area (Å²) >= 11 is 0. The standard InChI is InChI=1S/C22H23FN2O2.ClH/c23-19-6-2-1-5-17(19)15-27-18-9-7-16(8-10-18)20-11-13-22(25-20)12-3-4-14-24-21(22)26;/h1-10,20,25H,11-15H2,(H,24,26);1H/t20-,22+;/m1./s1. The zero-order chi connectivity index (χ0) is 18.7. The third kappa shape index (κ3) is 4.21. The predicted molar refractivity (Wildman–Crippen MR) is 109 cm³/mol. The Bertz CT molecular complexity index is 856. The number of ether oxygens (including phenoxy) is 1. The van der Waals surface area contributed by atoms with E-state index in [-0.39, 0.29) is 36.8 Å². The first-order valence-electron chi connectivity index (χ1n) is 9.33. The van der Waals surface area contributed by atoms with Crippen LogP contribution in [0.15, 0.2) is 60.7 Å². The Kier molecular flexibility index (Phi) is 6.37. The lowest BCUT2D eigenvalue weighted by molar-refractivity contribution is -0.126. The van der Waals surface area contributed by atoms with Gasteiger partial charge in [0, 0.05) is 18.2 Å². The van der Waals surface area contributed by atoms with Crippen molar-refractivity contribution in [1.82, 2.24) is 10.6 Å². The molecule has 2 atom stereocenters. The van der Waals surface area contributed by atoms with Crippen LogP contribution in [0.4, 0.5) is 4.39 Å². The van der Waals surface area contributed by atoms with Gasteiger partial charge < -0.3 is 10.1 Å². The summed E-state index contributed by atoms with van der Waals surface area (Å²) in [7, 11) is 0. The molecule has 0 aliphatic carbocycles. The molecule has 0 aromatic heterocycles. The molecule has 2 aromatic rings. The molecule has 2 aliphatic heterocycles. The Balaban J connectivity index is 0.00000225. The average molecular weight is 403 g/mol. The lowest BCUT2D eigenvalue weighted by Crippen LogP contribution is -2.52. The minimum Gasteiger partial charge on any atom is -0.489 e. The Hall–Kier alpha value is -2.37. The highest BCUT2D eigenvalue weighted by Gasteiger charge is 2.44. The third-order valence-electron chi connectivity index (χ3n) is 5.39. The van der Waals surface area contributed by atoms with E-state index in [2.05, 4.69) is 16.7 Å². The molecule has 1 saturated heterocycles. The van der Waals surface area contributed by atoms with Gasteiger partial charge in [0.05, 0.1) is 0 Å². The summed E-state index contributed by atoms with van der Waals surface area (Å²) in [6, 6.07) is 14.6. The first-order valence-corrected chi connectivity index (χ1v) is 9.33. The van der Waals surface area contributed by atoms with Gasteiger partial charge >= 0.3 is 0 Å². The highest BCUT2D eigenvalue weighted by Crippen LogP contribution is 2.36. The molecule has 0 saturated carbocycles. The van der Waals surface area contributed by atoms with E-state index in [9.17, 15) is 9.18 Å². The molecule has 6 heteroatoms. The summed E-state index contributed by atoms with van der Waals surface area (Å²) in [4.78, 5) is 12.5. The van der Waals surface area contributed by atoms with Crippen LogP contribution in [0.5, 0.6) is 5.75 Å². The quantitative estimate of drug-likeness (QED) is 0.758. The van der Waals surface area contributed by atoms with E-state index in [4.69, 9.17) is 4.74 Å². The molecular weight excluding hydrogens is 379 g/mol. The van der Waals surface area contributed by atoms with Crippen molar-refractivity contribution in [2.75, 3.05) is 6.54 Å². The van der Waals surface area contributed by atoms with Crippen molar-refractivity contribution in [2.45, 2.75) is 37.5 Å². The number of amides is 1. The van der Waals surface area contributed by atoms with Crippen molar-refractivity contribution >= 4 is 18.3 Å². The number of hydrogen-bond donors (Lipinski definition) is 2. The monoisotopic (exact) mass is 402 g/mol. The van der Waals surface area contributed by atoms with Crippen LogP contribution in [-0.2, 0) is 11.4 Å². The van der Waals surface area contributed by atoms with Crippen molar-refractivity contribution in [3.63, 3.8) is 0 Å². The second-order valence-electron chi connectivity index (χ2n) is 7.15. The lowest BCUT2D eigenvalue weighted by atomic mass is 9.92. The normalized spacial score (nSPS) is 23.8. The SMILES string of the molecule is Cl.O=C1NCC=CC[C@]12CC[C@H](c1ccc(OCc3ccccc3F)cc1)N2. The Morgan fingerprint density at radius 1 is 1.11 bits per heavy atom. The summed E-state index contributed by atoms with van der Waals surface area (Å²) in [5, 5.41) is 6.50. The van der Waals surface area contributed by atoms with Gasteiger partial charge in [-0.2, -0.15) is 0 Å². The van der Waals surface area contributed by atoms with E-state index < -0.39 is 5.54 Å². The van der Waals surface area contributed by atoms with Crippen LogP contribution >= 0.6 is 12.4 Å². The minimum atomic E-state index is -0.502. The fraction of sp³-hybridized carbons (Fsp3) is 0.318. The lowest BCUT2D eigenvalue weighted by Gasteiger charge is -2.27. The third-order valence-corrected chi connectivity index (χ3v) is 5.39. The second kappa shape index (κ2) is 8.76. The molecule has 0 bridgehead atoms. The molecule has 28 heavy (non-hydrogen) atoms. The molecule has 2 heterocycles. The van der Waals surface area contributed by atoms with E-state index in [1.165, 1.54) is 6.07 Å². The maximum atomic E-state index is 13.7. The smallest absolute Gasteiger partial charge is 0.240 e. The van der Waals surface area contributed by atoms with E-state index in [0.717, 1.165) is 24.8 Å². The van der Waals surface area contributed by atoms with Crippen molar-refractivity contribution in [1.29, 1.82) is 0 Å². The summed E-state index contributed by atoms with van der Waals surface area (Å²) < 4.78 is 19.4. The number of benzene rings is 2. The fourth-order valence-electron chi connectivity index (χ4n) is 3.81. The van der Waals surface area contributed by atoms with E-state index in [1.807, 2.05) is 30.3 Å². The number of nitrogens with one attached hydrogen (secondary N) is 2. The Morgan fingerprint density at radius 2 is 1.89 bits per heavy atom. The molecule has 1 spiro atoms. The molecule has 1 fully saturated rings. The number of rotatable bonds is 4. The highest BCUT2D eigenvalue weighted by atomic mass is 35.5. The number of halogens is 2. The molecule has 2 aromatic carbocycles. The number of carbonyl (C=O) groups is 1. The van der Waals surface area contributed by atoms with Gasteiger partial charge in [0.1, 0.15) is 23.7 Å². The van der Waals surface area contributed by atoms with Crippen LogP contribution in [0.25, 0.3) is 0 Å². The van der Waals surface area contributed by atoms with Crippen LogP contribution in [-0.4, -0.2) is 18.0 Å². The molecule has 0 unspecified atom stereocenters. The predicted octanol–water partition coefficient (Wildman–Crippen LogP) is 4.07. The average Bonchev–Trinajstić information content (AvgIpc) is 3.04. The van der Waals surface area contributed by atoms with E-state index >= 15 is 0 Å². The molecule has 0 radical (unpaired) electrons. The first-order chi connectivity index (χ1) is 13.2. The minimum absolute atomic E-state index is 0. The summed E-state index contributed by atoms with van der Waals surface area (Å²) in [5.41, 5.74) is 1.16. The molecule has 2 aliphatic rings. The zero-order valence-corrected chi connectivity index (χ0v) is 16.3. The summed E-state index contributed by atoms with van der Waals surface area (Å²) in [6.07, 6.45) is 6.53. The van der Waals surface area contributed by atoms with Gasteiger partial charge in [-0.3, -0.25) is 10.1 Å². The largest absolute Gasteiger partial charge is 0.489 e. The van der Waals surface area contributed by atoms with Gasteiger partial charge in [-0.25, -0.2) is 4.39 Å². The van der Waals surface area contributed by atoms with Crippen LogP contribution in [0, 0.1) is 5.82 Å². The highest BCUT2D eigenvalue weighted by molar-refractivity contribution is 5.87. The van der Waals surface area contributed by atoms with E-state index in [1.54, 1.807) is 18.2 Å². The van der Waals surface area contributed by atoms with Gasteiger partial charge in [-0.15, -0.1) is 12.4 Å². The van der Waals surface area contributed by atoms with Crippen molar-refractivity contribution in [3.8, 4) is 5.75 Å². The zero-order valence-electron chi connectivity index (χ0n) is 15.5. The topological polar surface area (TPSA) is 50.4 Å². The number of hydrogen-bond acceptors (Lipinski definition) is 3. The van der Waals surface area contributed by atoms with Gasteiger partial charge in [0.15, 0.2) is 0 Å². The van der Waals surface area contributed by atoms with Crippen molar-refractivity contribution in [3.05, 3.63) is 77.6 Å². The molecule has 4 nitrogen and oxygen atoms in total. The second-order valence-corrected chi connectivity index (χ2v) is 7.15. The van der Waals surface area contributed by atoms with Crippen molar-refractivity contribution in [2.24, 2.45) is 0 Å². The fourth-order valence-corrected chi connectivity index (χ4v) is 3.81. The van der Waals surface area contributed by atoms with Crippen molar-refractivity contribution < 1.29 is 13.9 Å². The molecule has 4 rings (SSSR count). The van der Waals surface area contributed by atoms with E-state index in [0.29, 0.717) is 17.9 Å². The van der Waals surface area contributed by atoms with Gasteiger partial charge in [0.25, 0.3) is 0 Å². The number of carbonyl (C=O) groups excluding carboxylic acids is 1. The molecular formula is C22H24ClFN2O2. The first kappa shape index (κ1) is 20.4. The van der Waals surface area contributed by atoms with Crippen LogP contribution < -0.4 is 15.4 Å². The van der Waals surface area contributed by atoms with Crippen LogP contribution in [0.2, 0.25) is 0 Å². The molecule has 1 amide bonds. The molecule has 2 N–H and O–H groups in total. The Labute approximate surface area is 170 Å². The van der Waals surface area contributed by atoms with Gasteiger partial charge in [0.2, 0.25) is 5.91 Å². The van der Waals surface area contributed by atoms with Crippen LogP contribution in [0.3, 0.4) is 0 Å². The van der Waals surface area contributed by atoms with Gasteiger partial charge in [-0.05, 0) is 43.0 Å². The maximum Gasteiger partial charge on any atom is 0.240 e. The maximum absolute atomic E-state index is 13.7. The van der Waals surface area contributed by atoms with Gasteiger partial charge in [-0.1, -0.05) is 42.5 Å². The molecule has 148 valence electrons. The van der Waals surface area contributed by atoms with Crippen LogP contribution in [0.1, 0.15) is 36.4 Å². The Morgan fingerprint density at radius 3 is 2.68 bits per heavy atom.